The summed E-state index contributed by atoms with van der Waals surface area (Å²) in [6, 6.07) is 3.96. The number of hydrogen-bond donors (Lipinski definition) is 2. The van der Waals surface area contributed by atoms with E-state index in [1.165, 1.54) is 18.2 Å². The molecule has 0 bridgehead atoms. The van der Waals surface area contributed by atoms with Gasteiger partial charge in [-0.2, -0.15) is 0 Å². The van der Waals surface area contributed by atoms with Crippen LogP contribution in [0.15, 0.2) is 18.2 Å². The van der Waals surface area contributed by atoms with E-state index >= 15 is 0 Å². The van der Waals surface area contributed by atoms with Crippen LogP contribution >= 0.6 is 22.6 Å². The van der Waals surface area contributed by atoms with Gasteiger partial charge in [0.25, 0.3) is 11.6 Å². The number of carbonyl (C=O) groups excluding carboxylic acids is 1. The number of hydrogen-bond acceptors (Lipinski definition) is 4. The average molecular weight is 364 g/mol. The number of aliphatic hydroxyl groups excluding tert-OH is 1. The second-order valence-corrected chi connectivity index (χ2v) is 4.97. The van der Waals surface area contributed by atoms with Crippen molar-refractivity contribution in [3.8, 4) is 0 Å². The van der Waals surface area contributed by atoms with E-state index in [1.54, 1.807) is 6.92 Å². The number of halogens is 1. The lowest BCUT2D eigenvalue weighted by Crippen LogP contribution is -2.33. The van der Waals surface area contributed by atoms with Gasteiger partial charge in [-0.05, 0) is 42.0 Å². The number of benzene rings is 1. The number of carbonyl (C=O) groups is 1. The van der Waals surface area contributed by atoms with Crippen LogP contribution in [0.4, 0.5) is 5.69 Å². The lowest BCUT2D eigenvalue weighted by molar-refractivity contribution is -0.384. The molecule has 0 aliphatic carbocycles. The zero-order chi connectivity index (χ0) is 13.7. The number of aliphatic hydroxyl groups is 1. The molecular weight excluding hydrogens is 351 g/mol. The minimum Gasteiger partial charge on any atom is -0.396 e. The molecule has 0 radical (unpaired) electrons. The molecule has 1 aromatic rings. The van der Waals surface area contributed by atoms with Crippen molar-refractivity contribution < 1.29 is 14.8 Å². The molecule has 0 fully saturated rings. The Morgan fingerprint density at radius 2 is 2.28 bits per heavy atom. The summed E-state index contributed by atoms with van der Waals surface area (Å²) in [5.41, 5.74) is 0.157. The third-order valence-corrected chi connectivity index (χ3v) is 3.29. The predicted octanol–water partition coefficient (Wildman–Crippen LogP) is 1.70. The van der Waals surface area contributed by atoms with Crippen molar-refractivity contribution >= 4 is 34.2 Å². The molecule has 0 saturated carbocycles. The molecule has 0 aliphatic rings. The number of nitrogens with one attached hydrogen (secondary N) is 1. The summed E-state index contributed by atoms with van der Waals surface area (Å²) in [5, 5.41) is 22.1. The van der Waals surface area contributed by atoms with Crippen molar-refractivity contribution in [3.63, 3.8) is 0 Å². The van der Waals surface area contributed by atoms with Crippen LogP contribution < -0.4 is 5.32 Å². The van der Waals surface area contributed by atoms with Gasteiger partial charge in [0, 0.05) is 28.4 Å². The maximum absolute atomic E-state index is 11.9. The Kier molecular flexibility index (Phi) is 5.48. The molecule has 6 nitrogen and oxygen atoms in total. The van der Waals surface area contributed by atoms with E-state index < -0.39 is 4.92 Å². The Morgan fingerprint density at radius 3 is 2.83 bits per heavy atom. The molecule has 0 aliphatic heterocycles. The minimum absolute atomic E-state index is 0.0204. The van der Waals surface area contributed by atoms with Gasteiger partial charge in [-0.1, -0.05) is 0 Å². The SMILES string of the molecule is CC(CCO)NC(=O)c1cc([N+](=O)[O-])ccc1I. The summed E-state index contributed by atoms with van der Waals surface area (Å²) in [6.45, 7) is 1.74. The first kappa shape index (κ1) is 14.8. The third kappa shape index (κ3) is 3.91. The van der Waals surface area contributed by atoms with Crippen LogP contribution in [-0.4, -0.2) is 28.6 Å². The van der Waals surface area contributed by atoms with E-state index in [1.807, 2.05) is 22.6 Å². The zero-order valence-electron chi connectivity index (χ0n) is 9.72. The highest BCUT2D eigenvalue weighted by Crippen LogP contribution is 2.19. The Labute approximate surface area is 118 Å². The lowest BCUT2D eigenvalue weighted by atomic mass is 10.1. The fraction of sp³-hybridized carbons (Fsp3) is 0.364. The Balaban J connectivity index is 2.91. The summed E-state index contributed by atoms with van der Waals surface area (Å²) in [6.07, 6.45) is 0.442. The summed E-state index contributed by atoms with van der Waals surface area (Å²) in [5.74, 6) is -0.371. The summed E-state index contributed by atoms with van der Waals surface area (Å²) in [7, 11) is 0. The van der Waals surface area contributed by atoms with Crippen molar-refractivity contribution in [2.45, 2.75) is 19.4 Å². The fourth-order valence-corrected chi connectivity index (χ4v) is 1.95. The number of nitro benzene ring substituents is 1. The van der Waals surface area contributed by atoms with Crippen molar-refractivity contribution in [1.82, 2.24) is 5.32 Å². The normalized spacial score (nSPS) is 11.9. The van der Waals surface area contributed by atoms with Gasteiger partial charge < -0.3 is 10.4 Å². The van der Waals surface area contributed by atoms with Gasteiger partial charge in [0.1, 0.15) is 0 Å². The minimum atomic E-state index is -0.538. The molecule has 0 saturated heterocycles. The molecule has 0 aromatic heterocycles. The first-order valence-electron chi connectivity index (χ1n) is 5.31. The molecule has 18 heavy (non-hydrogen) atoms. The quantitative estimate of drug-likeness (QED) is 0.473. The van der Waals surface area contributed by atoms with Crippen LogP contribution in [0.2, 0.25) is 0 Å². The lowest BCUT2D eigenvalue weighted by Gasteiger charge is -2.13. The molecule has 0 heterocycles. The van der Waals surface area contributed by atoms with Gasteiger partial charge in [0.2, 0.25) is 0 Å². The van der Waals surface area contributed by atoms with Gasteiger partial charge in [0.15, 0.2) is 0 Å². The van der Waals surface area contributed by atoms with Crippen LogP contribution in [0.3, 0.4) is 0 Å². The van der Waals surface area contributed by atoms with Crippen LogP contribution in [0.25, 0.3) is 0 Å². The van der Waals surface area contributed by atoms with Gasteiger partial charge >= 0.3 is 0 Å². The van der Waals surface area contributed by atoms with Crippen molar-refractivity contribution in [2.24, 2.45) is 0 Å². The molecule has 1 rings (SSSR count). The monoisotopic (exact) mass is 364 g/mol. The van der Waals surface area contributed by atoms with Gasteiger partial charge in [-0.3, -0.25) is 14.9 Å². The van der Waals surface area contributed by atoms with Crippen LogP contribution in [0.1, 0.15) is 23.7 Å². The van der Waals surface area contributed by atoms with E-state index in [-0.39, 0.29) is 29.8 Å². The first-order chi connectivity index (χ1) is 8.45. The second kappa shape index (κ2) is 6.64. The van der Waals surface area contributed by atoms with Crippen LogP contribution in [0.5, 0.6) is 0 Å². The molecule has 98 valence electrons. The number of nitrogens with zero attached hydrogens (tertiary/aromatic N) is 1. The van der Waals surface area contributed by atoms with Crippen molar-refractivity contribution in [1.29, 1.82) is 0 Å². The number of rotatable bonds is 5. The largest absolute Gasteiger partial charge is 0.396 e. The maximum Gasteiger partial charge on any atom is 0.270 e. The molecule has 1 atom stereocenters. The first-order valence-corrected chi connectivity index (χ1v) is 6.39. The Morgan fingerprint density at radius 1 is 1.61 bits per heavy atom. The molecule has 0 spiro atoms. The van der Waals surface area contributed by atoms with Gasteiger partial charge in [-0.25, -0.2) is 0 Å². The maximum atomic E-state index is 11.9. The average Bonchev–Trinajstić information content (AvgIpc) is 2.29. The van der Waals surface area contributed by atoms with Gasteiger partial charge in [0.05, 0.1) is 10.5 Å². The molecule has 1 unspecified atom stereocenters. The zero-order valence-corrected chi connectivity index (χ0v) is 11.9. The van der Waals surface area contributed by atoms with E-state index in [9.17, 15) is 14.9 Å². The van der Waals surface area contributed by atoms with E-state index in [4.69, 9.17) is 5.11 Å². The van der Waals surface area contributed by atoms with E-state index in [2.05, 4.69) is 5.32 Å². The molecule has 1 amide bonds. The smallest absolute Gasteiger partial charge is 0.270 e. The second-order valence-electron chi connectivity index (χ2n) is 3.81. The number of amides is 1. The topological polar surface area (TPSA) is 92.5 Å². The molecule has 1 aromatic carbocycles. The molecular formula is C11H13IN2O4. The summed E-state index contributed by atoms with van der Waals surface area (Å²) < 4.78 is 0.645. The van der Waals surface area contributed by atoms with Crippen LogP contribution in [0, 0.1) is 13.7 Å². The Bertz CT molecular complexity index is 464. The highest BCUT2D eigenvalue weighted by atomic mass is 127. The van der Waals surface area contributed by atoms with Crippen molar-refractivity contribution in [2.75, 3.05) is 6.61 Å². The Hall–Kier alpha value is -1.22. The number of nitro groups is 1. The summed E-state index contributed by atoms with van der Waals surface area (Å²) in [4.78, 5) is 22.0. The predicted molar refractivity (Wildman–Crippen MR) is 74.4 cm³/mol. The third-order valence-electron chi connectivity index (χ3n) is 2.34. The summed E-state index contributed by atoms with van der Waals surface area (Å²) >= 11 is 1.95. The van der Waals surface area contributed by atoms with Crippen molar-refractivity contribution in [3.05, 3.63) is 37.4 Å². The van der Waals surface area contributed by atoms with E-state index in [0.29, 0.717) is 9.99 Å². The van der Waals surface area contributed by atoms with Gasteiger partial charge in [-0.15, -0.1) is 0 Å². The molecule has 7 heteroatoms. The van der Waals surface area contributed by atoms with E-state index in [0.717, 1.165) is 0 Å². The highest BCUT2D eigenvalue weighted by molar-refractivity contribution is 14.1. The fourth-order valence-electron chi connectivity index (χ4n) is 1.37. The highest BCUT2D eigenvalue weighted by Gasteiger charge is 2.16. The number of non-ortho nitro benzene ring substituents is 1. The standard InChI is InChI=1S/C11H13IN2O4/c1-7(4-5-15)13-11(16)9-6-8(14(17)18)2-3-10(9)12/h2-3,6-7,15H,4-5H2,1H3,(H,13,16). The molecule has 2 N–H and O–H groups in total. The van der Waals surface area contributed by atoms with Crippen LogP contribution in [-0.2, 0) is 0 Å².